The molecule has 144 valence electrons. The fraction of sp³-hybridized carbons (Fsp3) is 0.286. The minimum absolute atomic E-state index is 0.0437. The van der Waals surface area contributed by atoms with E-state index in [1.165, 1.54) is 16.8 Å². The van der Waals surface area contributed by atoms with Crippen LogP contribution in [0.1, 0.15) is 20.8 Å². The van der Waals surface area contributed by atoms with Crippen molar-refractivity contribution in [2.45, 2.75) is 13.8 Å². The van der Waals surface area contributed by atoms with Crippen LogP contribution in [0.2, 0.25) is 0 Å². The molecule has 4 rings (SSSR count). The smallest absolute Gasteiger partial charge is 0.267 e. The second kappa shape index (κ2) is 7.59. The van der Waals surface area contributed by atoms with Gasteiger partial charge in [-0.15, -0.1) is 0 Å². The largest absolute Gasteiger partial charge is 0.396 e. The highest BCUT2D eigenvalue weighted by Crippen LogP contribution is 2.31. The summed E-state index contributed by atoms with van der Waals surface area (Å²) in [5.74, 6) is -0.0437. The Balaban J connectivity index is 1.48. The molecule has 7 heteroatoms. The lowest BCUT2D eigenvalue weighted by atomic mass is 10.1. The van der Waals surface area contributed by atoms with E-state index >= 15 is 0 Å². The Hall–Kier alpha value is -2.93. The summed E-state index contributed by atoms with van der Waals surface area (Å²) in [5.41, 5.74) is 11.8. The number of nitrogens with two attached hydrogens (primary N) is 1. The number of anilines is 2. The van der Waals surface area contributed by atoms with E-state index in [0.717, 1.165) is 24.6 Å². The number of benzene rings is 1. The van der Waals surface area contributed by atoms with Gasteiger partial charge in [-0.2, -0.15) is 4.37 Å². The maximum absolute atomic E-state index is 13.0. The Morgan fingerprint density at radius 3 is 2.57 bits per heavy atom. The Bertz CT molecular complexity index is 993. The van der Waals surface area contributed by atoms with Gasteiger partial charge in [-0.05, 0) is 54.7 Å². The fourth-order valence-corrected chi connectivity index (χ4v) is 4.29. The predicted octanol–water partition coefficient (Wildman–Crippen LogP) is 3.37. The highest BCUT2D eigenvalue weighted by molar-refractivity contribution is 7.09. The predicted molar refractivity (Wildman–Crippen MR) is 114 cm³/mol. The van der Waals surface area contributed by atoms with Crippen LogP contribution in [0.15, 0.2) is 42.6 Å². The molecule has 6 nitrogen and oxygen atoms in total. The van der Waals surface area contributed by atoms with Crippen LogP contribution in [0.5, 0.6) is 0 Å². The van der Waals surface area contributed by atoms with Crippen molar-refractivity contribution in [3.05, 3.63) is 58.6 Å². The van der Waals surface area contributed by atoms with Gasteiger partial charge < -0.3 is 15.5 Å². The number of piperazine rings is 1. The van der Waals surface area contributed by atoms with Crippen molar-refractivity contribution < 1.29 is 4.79 Å². The van der Waals surface area contributed by atoms with Crippen molar-refractivity contribution in [3.63, 3.8) is 0 Å². The lowest BCUT2D eigenvalue weighted by molar-refractivity contribution is 0.0752. The zero-order valence-corrected chi connectivity index (χ0v) is 16.9. The van der Waals surface area contributed by atoms with Gasteiger partial charge in [-0.3, -0.25) is 9.78 Å². The van der Waals surface area contributed by atoms with E-state index in [9.17, 15) is 4.79 Å². The zero-order valence-electron chi connectivity index (χ0n) is 16.1. The van der Waals surface area contributed by atoms with Crippen LogP contribution in [0.4, 0.5) is 11.4 Å². The van der Waals surface area contributed by atoms with Crippen molar-refractivity contribution in [1.82, 2.24) is 14.3 Å². The summed E-state index contributed by atoms with van der Waals surface area (Å²) < 4.78 is 4.38. The van der Waals surface area contributed by atoms with Crippen molar-refractivity contribution in [2.75, 3.05) is 36.8 Å². The summed E-state index contributed by atoms with van der Waals surface area (Å²) in [4.78, 5) is 22.0. The van der Waals surface area contributed by atoms with Gasteiger partial charge in [0.15, 0.2) is 0 Å². The molecule has 0 bridgehead atoms. The van der Waals surface area contributed by atoms with Gasteiger partial charge in [-0.1, -0.05) is 18.2 Å². The topological polar surface area (TPSA) is 75.3 Å². The van der Waals surface area contributed by atoms with Gasteiger partial charge >= 0.3 is 0 Å². The maximum Gasteiger partial charge on any atom is 0.267 e. The van der Waals surface area contributed by atoms with Gasteiger partial charge in [0.05, 0.1) is 11.4 Å². The number of carbonyl (C=O) groups excluding carboxylic acids is 1. The van der Waals surface area contributed by atoms with Crippen LogP contribution in [-0.4, -0.2) is 46.3 Å². The second-order valence-corrected chi connectivity index (χ2v) is 7.76. The molecule has 3 aromatic rings. The van der Waals surface area contributed by atoms with Crippen LogP contribution < -0.4 is 10.6 Å². The van der Waals surface area contributed by atoms with Crippen molar-refractivity contribution in [1.29, 1.82) is 0 Å². The second-order valence-electron chi connectivity index (χ2n) is 6.99. The third kappa shape index (κ3) is 3.33. The highest BCUT2D eigenvalue weighted by Gasteiger charge is 2.27. The summed E-state index contributed by atoms with van der Waals surface area (Å²) in [6, 6.07) is 11.9. The molecule has 0 spiro atoms. The Morgan fingerprint density at radius 1 is 1.07 bits per heavy atom. The number of nitrogens with zero attached hydrogens (tertiary/aromatic N) is 4. The lowest BCUT2D eigenvalue weighted by Crippen LogP contribution is -2.49. The number of aryl methyl sites for hydroxylation is 1. The number of pyridine rings is 1. The van der Waals surface area contributed by atoms with E-state index in [1.807, 2.05) is 23.1 Å². The number of aromatic nitrogens is 2. The van der Waals surface area contributed by atoms with Gasteiger partial charge in [0.25, 0.3) is 5.91 Å². The van der Waals surface area contributed by atoms with Crippen molar-refractivity contribution in [3.8, 4) is 11.4 Å². The molecule has 1 aliphatic rings. The summed E-state index contributed by atoms with van der Waals surface area (Å²) in [6.07, 6.45) is 1.70. The van der Waals surface area contributed by atoms with Gasteiger partial charge in [-0.25, -0.2) is 0 Å². The normalized spacial score (nSPS) is 14.4. The van der Waals surface area contributed by atoms with Crippen LogP contribution in [0.25, 0.3) is 11.4 Å². The molecule has 1 fully saturated rings. The number of rotatable bonds is 3. The molecule has 28 heavy (non-hydrogen) atoms. The Kier molecular flexibility index (Phi) is 5.00. The number of hydrogen-bond acceptors (Lipinski definition) is 6. The number of carbonyl (C=O) groups is 1. The molecule has 0 saturated carbocycles. The molecule has 0 atom stereocenters. The van der Waals surface area contributed by atoms with E-state index in [0.29, 0.717) is 35.0 Å². The highest BCUT2D eigenvalue weighted by atomic mass is 32.1. The molecule has 0 radical (unpaired) electrons. The molecular formula is C21H23N5OS. The lowest BCUT2D eigenvalue weighted by Gasteiger charge is -2.36. The molecule has 0 aliphatic carbocycles. The Morgan fingerprint density at radius 2 is 1.86 bits per heavy atom. The molecule has 0 unspecified atom stereocenters. The molecule has 2 aromatic heterocycles. The average molecular weight is 394 g/mol. The summed E-state index contributed by atoms with van der Waals surface area (Å²) in [6.45, 7) is 7.23. The fourth-order valence-electron chi connectivity index (χ4n) is 3.51. The third-order valence-corrected chi connectivity index (χ3v) is 6.16. The van der Waals surface area contributed by atoms with E-state index in [4.69, 9.17) is 5.73 Å². The molecule has 1 aromatic carbocycles. The SMILES string of the molecule is Cc1cccc(N2CCN(C(=O)c3snc(-c4ccccn4)c3N)CC2)c1C. The maximum atomic E-state index is 13.0. The molecule has 1 saturated heterocycles. The molecule has 1 amide bonds. The standard InChI is InChI=1S/C21H23N5OS/c1-14-6-5-8-17(15(14)2)25-10-12-26(13-11-25)21(27)20-18(22)19(24-28-20)16-7-3-4-9-23-16/h3-9H,10-13,22H2,1-2H3. The first-order valence-electron chi connectivity index (χ1n) is 9.33. The van der Waals surface area contributed by atoms with Crippen molar-refractivity contribution in [2.24, 2.45) is 0 Å². The quantitative estimate of drug-likeness (QED) is 0.738. The minimum atomic E-state index is -0.0437. The first-order valence-corrected chi connectivity index (χ1v) is 10.1. The van der Waals surface area contributed by atoms with Crippen LogP contribution in [0, 0.1) is 13.8 Å². The molecule has 2 N–H and O–H groups in total. The first kappa shape index (κ1) is 18.4. The molecule has 1 aliphatic heterocycles. The monoisotopic (exact) mass is 393 g/mol. The van der Waals surface area contributed by atoms with Gasteiger partial charge in [0.2, 0.25) is 0 Å². The molecule has 3 heterocycles. The number of amides is 1. The van der Waals surface area contributed by atoms with E-state index in [2.05, 4.69) is 46.3 Å². The van der Waals surface area contributed by atoms with E-state index in [-0.39, 0.29) is 5.91 Å². The minimum Gasteiger partial charge on any atom is -0.396 e. The van der Waals surface area contributed by atoms with Gasteiger partial charge in [0.1, 0.15) is 10.6 Å². The first-order chi connectivity index (χ1) is 13.6. The average Bonchev–Trinajstić information content (AvgIpc) is 3.11. The summed E-state index contributed by atoms with van der Waals surface area (Å²) in [5, 5.41) is 0. The van der Waals surface area contributed by atoms with Crippen LogP contribution in [-0.2, 0) is 0 Å². The zero-order chi connectivity index (χ0) is 19.7. The van der Waals surface area contributed by atoms with Crippen molar-refractivity contribution >= 4 is 28.8 Å². The summed E-state index contributed by atoms with van der Waals surface area (Å²) in [7, 11) is 0. The van der Waals surface area contributed by atoms with Crippen LogP contribution >= 0.6 is 11.5 Å². The Labute approximate surface area is 168 Å². The van der Waals surface area contributed by atoms with Gasteiger partial charge in [0, 0.05) is 38.1 Å². The number of hydrogen-bond donors (Lipinski definition) is 1. The van der Waals surface area contributed by atoms with Crippen LogP contribution in [0.3, 0.4) is 0 Å². The number of nitrogen functional groups attached to an aromatic ring is 1. The molecular weight excluding hydrogens is 370 g/mol. The summed E-state index contributed by atoms with van der Waals surface area (Å²) >= 11 is 1.15. The third-order valence-electron chi connectivity index (χ3n) is 5.31. The van der Waals surface area contributed by atoms with E-state index < -0.39 is 0 Å². The van der Waals surface area contributed by atoms with E-state index in [1.54, 1.807) is 6.20 Å².